The molecule has 142 valence electrons. The van der Waals surface area contributed by atoms with Crippen molar-refractivity contribution in [3.05, 3.63) is 59.9 Å². The summed E-state index contributed by atoms with van der Waals surface area (Å²) in [7, 11) is 3.02. The van der Waals surface area contributed by atoms with Gasteiger partial charge in [0.05, 0.1) is 13.7 Å². The standard InChI is InChI=1S/C20H21FN2O4/c1-23(13-19(25)22-16-4-3-5-17(12-16)27-2)20(26)11-10-18(24)14-6-8-15(21)9-7-14/h3-9,12H,10-11,13H2,1-2H3,(H,22,25). The molecule has 0 aliphatic carbocycles. The van der Waals surface area contributed by atoms with Crippen LogP contribution in [0.5, 0.6) is 5.75 Å². The molecule has 0 saturated carbocycles. The van der Waals surface area contributed by atoms with Crippen molar-refractivity contribution >= 4 is 23.3 Å². The molecule has 2 rings (SSSR count). The summed E-state index contributed by atoms with van der Waals surface area (Å²) in [6.45, 7) is -0.138. The highest BCUT2D eigenvalue weighted by atomic mass is 19.1. The maximum Gasteiger partial charge on any atom is 0.243 e. The highest BCUT2D eigenvalue weighted by Crippen LogP contribution is 2.16. The first kappa shape index (κ1) is 20.1. The lowest BCUT2D eigenvalue weighted by Gasteiger charge is -2.17. The highest BCUT2D eigenvalue weighted by Gasteiger charge is 2.15. The van der Waals surface area contributed by atoms with Gasteiger partial charge in [0.15, 0.2) is 5.78 Å². The lowest BCUT2D eigenvalue weighted by molar-refractivity contribution is -0.133. The van der Waals surface area contributed by atoms with Gasteiger partial charge in [-0.3, -0.25) is 14.4 Å². The second-order valence-corrected chi connectivity index (χ2v) is 5.96. The molecule has 0 aliphatic heterocycles. The van der Waals surface area contributed by atoms with E-state index in [1.54, 1.807) is 24.3 Å². The Balaban J connectivity index is 1.81. The maximum atomic E-state index is 12.9. The van der Waals surface area contributed by atoms with Gasteiger partial charge in [-0.2, -0.15) is 0 Å². The van der Waals surface area contributed by atoms with E-state index in [4.69, 9.17) is 4.74 Å². The molecule has 0 heterocycles. The molecular weight excluding hydrogens is 351 g/mol. The van der Waals surface area contributed by atoms with Crippen LogP contribution in [0.1, 0.15) is 23.2 Å². The minimum atomic E-state index is -0.426. The molecule has 0 fully saturated rings. The van der Waals surface area contributed by atoms with Crippen molar-refractivity contribution < 1.29 is 23.5 Å². The Kier molecular flexibility index (Phi) is 7.05. The number of carbonyl (C=O) groups excluding carboxylic acids is 3. The number of halogens is 1. The van der Waals surface area contributed by atoms with Crippen LogP contribution in [0.25, 0.3) is 0 Å². The molecule has 7 heteroatoms. The lowest BCUT2D eigenvalue weighted by atomic mass is 10.1. The van der Waals surface area contributed by atoms with E-state index in [-0.39, 0.29) is 37.0 Å². The van der Waals surface area contributed by atoms with Crippen molar-refractivity contribution in [2.45, 2.75) is 12.8 Å². The van der Waals surface area contributed by atoms with Crippen LogP contribution in [0.4, 0.5) is 10.1 Å². The lowest BCUT2D eigenvalue weighted by Crippen LogP contribution is -2.35. The molecule has 2 aromatic rings. The molecule has 0 atom stereocenters. The Labute approximate surface area is 156 Å². The summed E-state index contributed by atoms with van der Waals surface area (Å²) >= 11 is 0. The molecule has 0 radical (unpaired) electrons. The van der Waals surface area contributed by atoms with Crippen molar-refractivity contribution in [3.8, 4) is 5.75 Å². The Hall–Kier alpha value is -3.22. The van der Waals surface area contributed by atoms with E-state index in [1.807, 2.05) is 0 Å². The second kappa shape index (κ2) is 9.47. The minimum absolute atomic E-state index is 0.00763. The van der Waals surface area contributed by atoms with Gasteiger partial charge in [-0.05, 0) is 36.4 Å². The first-order valence-corrected chi connectivity index (χ1v) is 8.35. The van der Waals surface area contributed by atoms with Gasteiger partial charge in [0.1, 0.15) is 11.6 Å². The Morgan fingerprint density at radius 2 is 1.78 bits per heavy atom. The first-order valence-electron chi connectivity index (χ1n) is 8.35. The van der Waals surface area contributed by atoms with Gasteiger partial charge in [-0.15, -0.1) is 0 Å². The van der Waals surface area contributed by atoms with Crippen LogP contribution in [0.3, 0.4) is 0 Å². The monoisotopic (exact) mass is 372 g/mol. The summed E-state index contributed by atoms with van der Waals surface area (Å²) in [5.41, 5.74) is 0.911. The van der Waals surface area contributed by atoms with Crippen molar-refractivity contribution in [1.82, 2.24) is 4.90 Å². The number of nitrogens with zero attached hydrogens (tertiary/aromatic N) is 1. The van der Waals surface area contributed by atoms with Crippen LogP contribution in [-0.2, 0) is 9.59 Å². The summed E-state index contributed by atoms with van der Waals surface area (Å²) in [5.74, 6) is -0.756. The van der Waals surface area contributed by atoms with Crippen molar-refractivity contribution in [2.75, 3.05) is 26.0 Å². The minimum Gasteiger partial charge on any atom is -0.497 e. The molecule has 0 bridgehead atoms. The van der Waals surface area contributed by atoms with E-state index >= 15 is 0 Å². The highest BCUT2D eigenvalue weighted by molar-refractivity contribution is 5.98. The third kappa shape index (κ3) is 6.22. The van der Waals surface area contributed by atoms with Gasteiger partial charge in [-0.25, -0.2) is 4.39 Å². The van der Waals surface area contributed by atoms with Crippen LogP contribution in [-0.4, -0.2) is 43.2 Å². The summed E-state index contributed by atoms with van der Waals surface area (Å²) in [6.07, 6.45) is -0.0363. The summed E-state index contributed by atoms with van der Waals surface area (Å²) < 4.78 is 18.0. The molecule has 6 nitrogen and oxygen atoms in total. The fourth-order valence-electron chi connectivity index (χ4n) is 2.40. The number of ether oxygens (including phenoxy) is 1. The molecule has 2 amide bonds. The number of likely N-dealkylation sites (N-methyl/N-ethyl adjacent to an activating group) is 1. The normalized spacial score (nSPS) is 10.2. The molecule has 1 N–H and O–H groups in total. The quantitative estimate of drug-likeness (QED) is 0.723. The molecule has 0 unspecified atom stereocenters. The van der Waals surface area contributed by atoms with Gasteiger partial charge in [-0.1, -0.05) is 6.07 Å². The fourth-order valence-corrected chi connectivity index (χ4v) is 2.40. The number of hydrogen-bond acceptors (Lipinski definition) is 4. The molecule has 0 aromatic heterocycles. The number of benzene rings is 2. The van der Waals surface area contributed by atoms with E-state index in [2.05, 4.69) is 5.32 Å². The van der Waals surface area contributed by atoms with Crippen LogP contribution in [0.2, 0.25) is 0 Å². The molecule has 27 heavy (non-hydrogen) atoms. The number of nitrogens with one attached hydrogen (secondary N) is 1. The van der Waals surface area contributed by atoms with E-state index < -0.39 is 5.82 Å². The summed E-state index contributed by atoms with van der Waals surface area (Å²) in [4.78, 5) is 37.5. The van der Waals surface area contributed by atoms with Crippen LogP contribution >= 0.6 is 0 Å². The molecule has 2 aromatic carbocycles. The van der Waals surface area contributed by atoms with Gasteiger partial charge < -0.3 is 15.0 Å². The average Bonchev–Trinajstić information content (AvgIpc) is 2.66. The molecule has 0 spiro atoms. The number of ketones is 1. The zero-order valence-corrected chi connectivity index (χ0v) is 15.2. The third-order valence-corrected chi connectivity index (χ3v) is 3.89. The van der Waals surface area contributed by atoms with Gasteiger partial charge in [0.25, 0.3) is 0 Å². The second-order valence-electron chi connectivity index (χ2n) is 5.96. The SMILES string of the molecule is COc1cccc(NC(=O)CN(C)C(=O)CCC(=O)c2ccc(F)cc2)c1. The van der Waals surface area contributed by atoms with Crippen LogP contribution < -0.4 is 10.1 Å². The van der Waals surface area contributed by atoms with Crippen molar-refractivity contribution in [2.24, 2.45) is 0 Å². The molecule has 0 saturated heterocycles. The zero-order chi connectivity index (χ0) is 19.8. The van der Waals surface area contributed by atoms with E-state index in [1.165, 1.54) is 43.3 Å². The third-order valence-electron chi connectivity index (χ3n) is 3.89. The van der Waals surface area contributed by atoms with Gasteiger partial charge in [0.2, 0.25) is 11.8 Å². The number of anilines is 1. The average molecular weight is 372 g/mol. The smallest absolute Gasteiger partial charge is 0.243 e. The predicted molar refractivity (Wildman–Crippen MR) is 99.2 cm³/mol. The van der Waals surface area contributed by atoms with Gasteiger partial charge >= 0.3 is 0 Å². The Morgan fingerprint density at radius 1 is 1.07 bits per heavy atom. The Morgan fingerprint density at radius 3 is 2.44 bits per heavy atom. The van der Waals surface area contributed by atoms with Gasteiger partial charge in [0, 0.05) is 37.2 Å². The van der Waals surface area contributed by atoms with Crippen LogP contribution in [0, 0.1) is 5.82 Å². The number of methoxy groups -OCH3 is 1. The van der Waals surface area contributed by atoms with Crippen molar-refractivity contribution in [1.29, 1.82) is 0 Å². The number of Topliss-reactive ketones (excluding diaryl/α,β-unsaturated/α-hetero) is 1. The summed E-state index contributed by atoms with van der Waals surface area (Å²) in [6, 6.07) is 12.0. The zero-order valence-electron chi connectivity index (χ0n) is 15.2. The largest absolute Gasteiger partial charge is 0.497 e. The first-order chi connectivity index (χ1) is 12.9. The Bertz CT molecular complexity index is 821. The number of carbonyl (C=O) groups is 3. The maximum absolute atomic E-state index is 12.9. The predicted octanol–water partition coefficient (Wildman–Crippen LogP) is 2.89. The van der Waals surface area contributed by atoms with E-state index in [0.717, 1.165) is 0 Å². The number of hydrogen-bond donors (Lipinski definition) is 1. The number of rotatable bonds is 8. The fraction of sp³-hybridized carbons (Fsp3) is 0.250. The topological polar surface area (TPSA) is 75.7 Å². The number of amides is 2. The molecule has 0 aliphatic rings. The van der Waals surface area contributed by atoms with E-state index in [9.17, 15) is 18.8 Å². The molecular formula is C20H21FN2O4. The van der Waals surface area contributed by atoms with Crippen LogP contribution in [0.15, 0.2) is 48.5 Å². The summed E-state index contributed by atoms with van der Waals surface area (Å²) in [5, 5.41) is 2.68. The van der Waals surface area contributed by atoms with E-state index in [0.29, 0.717) is 17.0 Å². The van der Waals surface area contributed by atoms with Crippen molar-refractivity contribution in [3.63, 3.8) is 0 Å².